The molecule has 0 aliphatic heterocycles. The van der Waals surface area contributed by atoms with E-state index in [4.69, 9.17) is 5.11 Å². The van der Waals surface area contributed by atoms with Gasteiger partial charge in [-0.15, -0.1) is 0 Å². The van der Waals surface area contributed by atoms with Gasteiger partial charge in [-0.25, -0.2) is 0 Å². The van der Waals surface area contributed by atoms with Gasteiger partial charge >= 0.3 is 5.97 Å². The second kappa shape index (κ2) is 4.99. The van der Waals surface area contributed by atoms with Crippen LogP contribution < -0.4 is 0 Å². The summed E-state index contributed by atoms with van der Waals surface area (Å²) < 4.78 is -2.03. The first-order chi connectivity index (χ1) is 4.89. The molecule has 0 saturated heterocycles. The summed E-state index contributed by atoms with van der Waals surface area (Å²) in [5.74, 6) is -0.746. The summed E-state index contributed by atoms with van der Waals surface area (Å²) in [5.41, 5.74) is -0.313. The fraction of sp³-hybridized carbons (Fsp3) is 0.800. The van der Waals surface area contributed by atoms with Crippen molar-refractivity contribution in [2.75, 3.05) is 0 Å². The predicted molar refractivity (Wildman–Crippen MR) is 58.8 cm³/mol. The maximum atomic E-state index is 10.7. The second-order valence-electron chi connectivity index (χ2n) is 2.22. The highest BCUT2D eigenvalue weighted by Crippen LogP contribution is 2.42. The quantitative estimate of drug-likeness (QED) is 0.610. The summed E-state index contributed by atoms with van der Waals surface area (Å²) in [7, 11) is 0. The summed E-state index contributed by atoms with van der Waals surface area (Å²) in [6.07, 6.45) is 1.58. The van der Waals surface area contributed by atoms with E-state index in [2.05, 4.69) is 45.9 Å². The van der Waals surface area contributed by atoms with Crippen LogP contribution in [-0.2, 0) is 4.79 Å². The Morgan fingerprint density at radius 1 is 1.55 bits per heavy atom. The van der Waals surface area contributed by atoms with Gasteiger partial charge in [-0.3, -0.25) is 4.79 Å². The number of hydrogen-bond donors (Lipinski definition) is 1. The lowest BCUT2D eigenvalue weighted by Crippen LogP contribution is -2.25. The van der Waals surface area contributed by atoms with Crippen molar-refractivity contribution in [2.24, 2.45) is 0 Å². The van der Waals surface area contributed by atoms with E-state index in [1.165, 1.54) is 0 Å². The molecule has 0 aliphatic rings. The third kappa shape index (κ3) is 4.64. The fourth-order valence-electron chi connectivity index (χ4n) is 0.716. The van der Waals surface area contributed by atoms with Crippen molar-refractivity contribution in [3.05, 3.63) is 0 Å². The molecule has 66 valence electrons. The van der Waals surface area contributed by atoms with Crippen molar-refractivity contribution >= 4 is 55.8 Å². The Morgan fingerprint density at radius 3 is 2.09 bits per heavy atom. The molecule has 0 aliphatic carbocycles. The molecule has 1 N–H and O–H groups in total. The minimum Gasteiger partial charge on any atom is -0.481 e. The van der Waals surface area contributed by atoms with Gasteiger partial charge in [0.1, 0.15) is 0 Å². The third-order valence-corrected chi connectivity index (χ3v) is 7.57. The Morgan fingerprint density at radius 2 is 2.00 bits per heavy atom. The number of aliphatic carboxylic acids is 1. The molecular weight excluding hydrogens is 360 g/mol. The molecule has 0 spiro atoms. The normalized spacial score (nSPS) is 14.5. The Kier molecular flexibility index (Phi) is 5.50. The fourth-order valence-corrected chi connectivity index (χ4v) is 5.43. The highest BCUT2D eigenvalue weighted by atomic mass is 80.0. The average molecular weight is 369 g/mol. The summed E-state index contributed by atoms with van der Waals surface area (Å²) in [4.78, 5) is 10.7. The van der Waals surface area contributed by atoms with Crippen LogP contribution in [0.4, 0.5) is 0 Å². The number of rotatable bonds is 4. The van der Waals surface area contributed by atoms with Gasteiger partial charge in [0.2, 0.25) is 0 Å². The van der Waals surface area contributed by atoms with Crippen LogP contribution >= 0.6 is 45.9 Å². The van der Waals surface area contributed by atoms with E-state index < -0.39 is 9.90 Å². The predicted octanol–water partition coefficient (Wildman–Crippen LogP) is 3.36. The van der Waals surface area contributed by atoms with Crippen LogP contribution in [0.2, 0.25) is 5.54 Å². The van der Waals surface area contributed by atoms with E-state index >= 15 is 0 Å². The largest absolute Gasteiger partial charge is 0.481 e. The zero-order valence-corrected chi connectivity index (χ0v) is 11.7. The standard InChI is InChI=1S/C5H9Br3O2Si/c1-2-3-4(5(9)10)11(6,7)8/h4H,2-3H2,1H3,(H,9,10). The molecule has 11 heavy (non-hydrogen) atoms. The van der Waals surface area contributed by atoms with Crippen LogP contribution in [0.5, 0.6) is 0 Å². The summed E-state index contributed by atoms with van der Waals surface area (Å²) in [6.45, 7) is 1.98. The lowest BCUT2D eigenvalue weighted by Gasteiger charge is -2.17. The zero-order valence-electron chi connectivity index (χ0n) is 5.98. The molecule has 6 heteroatoms. The van der Waals surface area contributed by atoms with E-state index in [-0.39, 0.29) is 5.54 Å². The maximum Gasteiger partial charge on any atom is 0.306 e. The third-order valence-electron chi connectivity index (χ3n) is 1.27. The van der Waals surface area contributed by atoms with Crippen molar-refractivity contribution in [1.82, 2.24) is 0 Å². The number of hydrogen-bond acceptors (Lipinski definition) is 1. The minimum atomic E-state index is -2.03. The Hall–Kier alpha value is 1.13. The van der Waals surface area contributed by atoms with E-state index in [1.807, 2.05) is 6.92 Å². The van der Waals surface area contributed by atoms with E-state index in [0.29, 0.717) is 6.42 Å². The molecule has 0 fully saturated rings. The topological polar surface area (TPSA) is 37.3 Å². The molecule has 0 aromatic carbocycles. The lowest BCUT2D eigenvalue weighted by atomic mass is 10.2. The van der Waals surface area contributed by atoms with Crippen LogP contribution in [0.3, 0.4) is 0 Å². The van der Waals surface area contributed by atoms with Crippen molar-refractivity contribution in [3.63, 3.8) is 0 Å². The van der Waals surface area contributed by atoms with Crippen molar-refractivity contribution in [3.8, 4) is 0 Å². The number of carbonyl (C=O) groups is 1. The molecule has 1 atom stereocenters. The van der Waals surface area contributed by atoms with Crippen molar-refractivity contribution in [2.45, 2.75) is 25.3 Å². The Labute approximate surface area is 90.5 Å². The van der Waals surface area contributed by atoms with Crippen molar-refractivity contribution in [1.29, 1.82) is 0 Å². The van der Waals surface area contributed by atoms with Crippen LogP contribution in [0.1, 0.15) is 19.8 Å². The van der Waals surface area contributed by atoms with Crippen molar-refractivity contribution < 1.29 is 9.90 Å². The van der Waals surface area contributed by atoms with Gasteiger partial charge in [-0.05, 0) is 6.42 Å². The van der Waals surface area contributed by atoms with Gasteiger partial charge < -0.3 is 5.11 Å². The Balaban J connectivity index is 4.22. The molecule has 1 unspecified atom stereocenters. The smallest absolute Gasteiger partial charge is 0.306 e. The lowest BCUT2D eigenvalue weighted by molar-refractivity contribution is -0.137. The highest BCUT2D eigenvalue weighted by molar-refractivity contribution is 9.72. The first-order valence-corrected chi connectivity index (χ1v) is 12.0. The summed E-state index contributed by atoms with van der Waals surface area (Å²) in [5, 5.41) is 8.78. The molecule has 0 radical (unpaired) electrons. The van der Waals surface area contributed by atoms with E-state index in [0.717, 1.165) is 6.42 Å². The molecule has 0 aromatic heterocycles. The summed E-state index contributed by atoms with van der Waals surface area (Å²) >= 11 is 10.0. The van der Waals surface area contributed by atoms with Gasteiger partial charge in [0.05, 0.1) is 5.54 Å². The van der Waals surface area contributed by atoms with Gasteiger partial charge in [0.15, 0.2) is 0 Å². The number of carboxylic acids is 1. The first-order valence-electron chi connectivity index (χ1n) is 3.19. The van der Waals surface area contributed by atoms with Crippen LogP contribution in [0, 0.1) is 0 Å². The Bertz CT molecular complexity index is 145. The molecule has 0 bridgehead atoms. The molecule has 2 nitrogen and oxygen atoms in total. The van der Waals surface area contributed by atoms with Gasteiger partial charge in [0.25, 0.3) is 3.93 Å². The SMILES string of the molecule is CCCC(C(=O)O)[Si](Br)(Br)Br. The molecule has 0 amide bonds. The van der Waals surface area contributed by atoms with E-state index in [9.17, 15) is 4.79 Å². The first kappa shape index (κ1) is 12.1. The van der Waals surface area contributed by atoms with Gasteiger partial charge in [0, 0.05) is 0 Å². The molecule has 0 heterocycles. The molecule has 0 saturated carbocycles. The molecular formula is C5H9Br3O2Si. The monoisotopic (exact) mass is 366 g/mol. The number of halogens is 3. The second-order valence-corrected chi connectivity index (χ2v) is 24.8. The van der Waals surface area contributed by atoms with Crippen LogP contribution in [-0.4, -0.2) is 15.0 Å². The van der Waals surface area contributed by atoms with Gasteiger partial charge in [-0.2, -0.15) is 0 Å². The zero-order chi connectivity index (χ0) is 9.07. The minimum absolute atomic E-state index is 0.313. The summed E-state index contributed by atoms with van der Waals surface area (Å²) in [6, 6.07) is 0. The van der Waals surface area contributed by atoms with E-state index in [1.54, 1.807) is 0 Å². The van der Waals surface area contributed by atoms with Crippen LogP contribution in [0.15, 0.2) is 0 Å². The maximum absolute atomic E-state index is 10.7. The average Bonchev–Trinajstić information content (AvgIpc) is 1.79. The van der Waals surface area contributed by atoms with Gasteiger partial charge in [-0.1, -0.05) is 59.2 Å². The highest BCUT2D eigenvalue weighted by Gasteiger charge is 2.38. The number of carboxylic acid groups (broad SMARTS) is 1. The molecule has 0 rings (SSSR count). The molecule has 0 aromatic rings. The van der Waals surface area contributed by atoms with Crippen LogP contribution in [0.25, 0.3) is 0 Å².